The number of fused-ring (bicyclic) bond motifs is 1. The van der Waals surface area contributed by atoms with E-state index in [9.17, 15) is 0 Å². The highest BCUT2D eigenvalue weighted by Crippen LogP contribution is 2.20. The Hall–Kier alpha value is -0.550. The predicted octanol–water partition coefficient (Wildman–Crippen LogP) is 1.19. The molecule has 1 aliphatic rings. The molecule has 0 saturated heterocycles. The van der Waals surface area contributed by atoms with E-state index in [1.54, 1.807) is 0 Å². The van der Waals surface area contributed by atoms with E-state index >= 15 is 0 Å². The molecule has 84 valence electrons. The van der Waals surface area contributed by atoms with Crippen molar-refractivity contribution in [3.63, 3.8) is 0 Å². The average molecular weight is 226 g/mol. The molecule has 4 nitrogen and oxygen atoms in total. The molecule has 1 aromatic rings. The highest BCUT2D eigenvalue weighted by molar-refractivity contribution is 7.99. The van der Waals surface area contributed by atoms with Crippen LogP contribution in [0.2, 0.25) is 0 Å². The summed E-state index contributed by atoms with van der Waals surface area (Å²) in [5, 5.41) is 8.99. The first-order valence-corrected chi connectivity index (χ1v) is 6.58. The van der Waals surface area contributed by atoms with Gasteiger partial charge in [0.2, 0.25) is 0 Å². The second kappa shape index (κ2) is 4.99. The topological polar surface area (TPSA) is 56.7 Å². The summed E-state index contributed by atoms with van der Waals surface area (Å²) in [5.41, 5.74) is 5.59. The maximum atomic E-state index is 5.59. The van der Waals surface area contributed by atoms with Crippen LogP contribution in [0.25, 0.3) is 0 Å². The minimum Gasteiger partial charge on any atom is -0.329 e. The lowest BCUT2D eigenvalue weighted by Crippen LogP contribution is -2.15. The van der Waals surface area contributed by atoms with Crippen molar-refractivity contribution >= 4 is 11.8 Å². The summed E-state index contributed by atoms with van der Waals surface area (Å²) in [5.74, 6) is 3.22. The van der Waals surface area contributed by atoms with E-state index < -0.39 is 0 Å². The molecule has 1 unspecified atom stereocenters. The van der Waals surface area contributed by atoms with Gasteiger partial charge in [-0.2, -0.15) is 0 Å². The van der Waals surface area contributed by atoms with E-state index in [1.165, 1.54) is 12.8 Å². The zero-order valence-electron chi connectivity index (χ0n) is 9.15. The van der Waals surface area contributed by atoms with Crippen LogP contribution in [0.15, 0.2) is 0 Å². The summed E-state index contributed by atoms with van der Waals surface area (Å²) >= 11 is 1.86. The Kier molecular flexibility index (Phi) is 3.64. The summed E-state index contributed by atoms with van der Waals surface area (Å²) < 4.78 is 2.28. The van der Waals surface area contributed by atoms with Gasteiger partial charge in [0.15, 0.2) is 0 Å². The Balaban J connectivity index is 1.99. The van der Waals surface area contributed by atoms with Gasteiger partial charge in [0.05, 0.1) is 5.75 Å². The van der Waals surface area contributed by atoms with Crippen LogP contribution in [-0.2, 0) is 18.7 Å². The van der Waals surface area contributed by atoms with Gasteiger partial charge in [-0.3, -0.25) is 0 Å². The van der Waals surface area contributed by atoms with E-state index in [1.807, 2.05) is 11.8 Å². The van der Waals surface area contributed by atoms with Crippen LogP contribution in [-0.4, -0.2) is 26.6 Å². The molecule has 0 fully saturated rings. The number of nitrogens with two attached hydrogens (primary N) is 1. The number of thioether (sulfide) groups is 1. The number of hydrogen-bond acceptors (Lipinski definition) is 4. The van der Waals surface area contributed by atoms with E-state index in [0.29, 0.717) is 5.25 Å². The normalized spacial score (nSPS) is 17.5. The highest BCUT2D eigenvalue weighted by Gasteiger charge is 2.15. The fraction of sp³-hybridized carbons (Fsp3) is 0.800. The lowest BCUT2D eigenvalue weighted by Gasteiger charge is -2.15. The molecule has 15 heavy (non-hydrogen) atoms. The standard InChI is InChI=1S/C10H18N4S/c1-8(6-11)15-7-10-13-12-9-4-2-3-5-14(9)10/h8H,2-7,11H2,1H3. The third-order valence-corrected chi connectivity index (χ3v) is 3.95. The first-order valence-electron chi connectivity index (χ1n) is 5.54. The molecule has 0 radical (unpaired) electrons. The van der Waals surface area contributed by atoms with Crippen molar-refractivity contribution in [1.29, 1.82) is 0 Å². The van der Waals surface area contributed by atoms with Gasteiger partial charge < -0.3 is 10.3 Å². The van der Waals surface area contributed by atoms with Crippen LogP contribution in [0.1, 0.15) is 31.4 Å². The van der Waals surface area contributed by atoms with Crippen molar-refractivity contribution in [2.45, 2.75) is 43.7 Å². The van der Waals surface area contributed by atoms with E-state index in [-0.39, 0.29) is 0 Å². The lowest BCUT2D eigenvalue weighted by molar-refractivity contribution is 0.513. The van der Waals surface area contributed by atoms with Crippen LogP contribution in [0.4, 0.5) is 0 Å². The van der Waals surface area contributed by atoms with Gasteiger partial charge in [0.25, 0.3) is 0 Å². The van der Waals surface area contributed by atoms with Gasteiger partial charge in [-0.25, -0.2) is 0 Å². The largest absolute Gasteiger partial charge is 0.329 e. The maximum Gasteiger partial charge on any atom is 0.143 e. The van der Waals surface area contributed by atoms with Crippen LogP contribution in [0.5, 0.6) is 0 Å². The van der Waals surface area contributed by atoms with Crippen molar-refractivity contribution in [3.05, 3.63) is 11.6 Å². The van der Waals surface area contributed by atoms with E-state index in [4.69, 9.17) is 5.73 Å². The molecular weight excluding hydrogens is 208 g/mol. The fourth-order valence-electron chi connectivity index (χ4n) is 1.76. The Bertz CT molecular complexity index is 323. The van der Waals surface area contributed by atoms with Crippen LogP contribution in [0, 0.1) is 0 Å². The van der Waals surface area contributed by atoms with E-state index in [0.717, 1.165) is 36.9 Å². The van der Waals surface area contributed by atoms with Gasteiger partial charge in [-0.1, -0.05) is 6.92 Å². The van der Waals surface area contributed by atoms with Crippen molar-refractivity contribution in [2.24, 2.45) is 5.73 Å². The van der Waals surface area contributed by atoms with Gasteiger partial charge in [0.1, 0.15) is 11.6 Å². The summed E-state index contributed by atoms with van der Waals surface area (Å²) in [7, 11) is 0. The predicted molar refractivity (Wildman–Crippen MR) is 62.8 cm³/mol. The van der Waals surface area contributed by atoms with E-state index in [2.05, 4.69) is 21.7 Å². The molecule has 0 aromatic carbocycles. The van der Waals surface area contributed by atoms with Gasteiger partial charge in [-0.15, -0.1) is 22.0 Å². The first-order chi connectivity index (χ1) is 7.31. The molecule has 0 amide bonds. The fourth-order valence-corrected chi connectivity index (χ4v) is 2.54. The molecule has 0 bridgehead atoms. The molecule has 0 saturated carbocycles. The molecule has 1 aliphatic heterocycles. The minimum absolute atomic E-state index is 0.501. The average Bonchev–Trinajstić information content (AvgIpc) is 2.69. The summed E-state index contributed by atoms with van der Waals surface area (Å²) in [6.45, 7) is 3.97. The molecular formula is C10H18N4S. The molecule has 0 aliphatic carbocycles. The quantitative estimate of drug-likeness (QED) is 0.838. The van der Waals surface area contributed by atoms with Gasteiger partial charge in [0, 0.05) is 24.8 Å². The highest BCUT2D eigenvalue weighted by atomic mass is 32.2. The number of rotatable bonds is 4. The Morgan fingerprint density at radius 1 is 1.47 bits per heavy atom. The Morgan fingerprint density at radius 2 is 2.33 bits per heavy atom. The molecule has 1 atom stereocenters. The van der Waals surface area contributed by atoms with Crippen LogP contribution >= 0.6 is 11.8 Å². The third-order valence-electron chi connectivity index (χ3n) is 2.76. The van der Waals surface area contributed by atoms with Crippen LogP contribution in [0.3, 0.4) is 0 Å². The third kappa shape index (κ3) is 2.52. The first kappa shape index (κ1) is 11.0. The Labute approximate surface area is 94.6 Å². The molecule has 0 spiro atoms. The summed E-state index contributed by atoms with van der Waals surface area (Å²) in [6, 6.07) is 0. The number of hydrogen-bond donors (Lipinski definition) is 1. The molecule has 2 N–H and O–H groups in total. The lowest BCUT2D eigenvalue weighted by atomic mass is 10.2. The number of aryl methyl sites for hydroxylation is 1. The zero-order chi connectivity index (χ0) is 10.7. The SMILES string of the molecule is CC(CN)SCc1nnc2n1CCCC2. The maximum absolute atomic E-state index is 5.59. The smallest absolute Gasteiger partial charge is 0.143 e. The van der Waals surface area contributed by atoms with Crippen molar-refractivity contribution < 1.29 is 0 Å². The van der Waals surface area contributed by atoms with Gasteiger partial charge in [-0.05, 0) is 12.8 Å². The van der Waals surface area contributed by atoms with Crippen molar-refractivity contribution in [3.8, 4) is 0 Å². The molecule has 2 rings (SSSR count). The zero-order valence-corrected chi connectivity index (χ0v) is 9.96. The second-order valence-electron chi connectivity index (χ2n) is 4.00. The van der Waals surface area contributed by atoms with Crippen LogP contribution < -0.4 is 5.73 Å². The second-order valence-corrected chi connectivity index (χ2v) is 5.43. The molecule has 2 heterocycles. The number of aromatic nitrogens is 3. The summed E-state index contributed by atoms with van der Waals surface area (Å²) in [4.78, 5) is 0. The summed E-state index contributed by atoms with van der Waals surface area (Å²) in [6.07, 6.45) is 3.60. The Morgan fingerprint density at radius 3 is 3.13 bits per heavy atom. The van der Waals surface area contributed by atoms with Crippen molar-refractivity contribution in [1.82, 2.24) is 14.8 Å². The van der Waals surface area contributed by atoms with Gasteiger partial charge >= 0.3 is 0 Å². The monoisotopic (exact) mass is 226 g/mol. The van der Waals surface area contributed by atoms with Crippen molar-refractivity contribution in [2.75, 3.05) is 6.54 Å². The molecule has 1 aromatic heterocycles. The number of nitrogens with zero attached hydrogens (tertiary/aromatic N) is 3. The minimum atomic E-state index is 0.501. The molecule has 5 heteroatoms.